The van der Waals surface area contributed by atoms with Crippen molar-refractivity contribution in [3.05, 3.63) is 36.8 Å². The molecule has 3 aromatic rings. The van der Waals surface area contributed by atoms with Gasteiger partial charge in [0.15, 0.2) is 11.6 Å². The van der Waals surface area contributed by atoms with Gasteiger partial charge < -0.3 is 25.2 Å². The van der Waals surface area contributed by atoms with Gasteiger partial charge in [-0.25, -0.2) is 9.97 Å². The summed E-state index contributed by atoms with van der Waals surface area (Å²) in [6.45, 7) is 5.13. The standard InChI is InChI=1S/C21H29N9O/c1-22-21(24-8-7-23-19-18-14-27-28(2)20(18)26-15-25-19)30-11-9-29(10-12-30)16-5-4-6-17(13-16)31-3/h4-6,13-15H,7-12H2,1-3H3,(H,22,24)(H,23,25,26). The van der Waals surface area contributed by atoms with E-state index in [2.05, 4.69) is 52.6 Å². The lowest BCUT2D eigenvalue weighted by Gasteiger charge is -2.37. The summed E-state index contributed by atoms with van der Waals surface area (Å²) in [5, 5.41) is 12.0. The summed E-state index contributed by atoms with van der Waals surface area (Å²) in [5.41, 5.74) is 2.01. The Morgan fingerprint density at radius 2 is 2.00 bits per heavy atom. The molecule has 31 heavy (non-hydrogen) atoms. The van der Waals surface area contributed by atoms with Crippen molar-refractivity contribution >= 4 is 28.5 Å². The Bertz CT molecular complexity index is 1040. The number of fused-ring (bicyclic) bond motifs is 1. The normalized spacial score (nSPS) is 14.7. The fourth-order valence-electron chi connectivity index (χ4n) is 3.77. The van der Waals surface area contributed by atoms with Crippen LogP contribution in [0.5, 0.6) is 5.75 Å². The van der Waals surface area contributed by atoms with E-state index >= 15 is 0 Å². The molecule has 4 rings (SSSR count). The van der Waals surface area contributed by atoms with E-state index in [1.165, 1.54) is 5.69 Å². The number of anilines is 2. The molecule has 1 aliphatic heterocycles. The number of piperazine rings is 1. The Hall–Kier alpha value is -3.56. The van der Waals surface area contributed by atoms with Gasteiger partial charge in [0, 0.05) is 65.1 Å². The molecule has 10 heteroatoms. The maximum absolute atomic E-state index is 5.35. The molecule has 1 aromatic carbocycles. The van der Waals surface area contributed by atoms with Crippen molar-refractivity contribution in [3.8, 4) is 5.75 Å². The Labute approximate surface area is 181 Å². The maximum Gasteiger partial charge on any atom is 0.193 e. The van der Waals surface area contributed by atoms with E-state index in [1.807, 2.05) is 26.2 Å². The number of nitrogens with one attached hydrogen (secondary N) is 2. The van der Waals surface area contributed by atoms with Gasteiger partial charge in [0.2, 0.25) is 0 Å². The highest BCUT2D eigenvalue weighted by Gasteiger charge is 2.20. The number of guanidine groups is 1. The molecule has 0 radical (unpaired) electrons. The van der Waals surface area contributed by atoms with Crippen LogP contribution < -0.4 is 20.3 Å². The second kappa shape index (κ2) is 9.50. The predicted octanol–water partition coefficient (Wildman–Crippen LogP) is 1.18. The number of benzene rings is 1. The highest BCUT2D eigenvalue weighted by atomic mass is 16.5. The van der Waals surface area contributed by atoms with Gasteiger partial charge in [0.05, 0.1) is 18.7 Å². The first-order valence-electron chi connectivity index (χ1n) is 10.4. The monoisotopic (exact) mass is 423 g/mol. The summed E-state index contributed by atoms with van der Waals surface area (Å²) < 4.78 is 7.09. The van der Waals surface area contributed by atoms with Crippen LogP contribution in [0.25, 0.3) is 11.0 Å². The van der Waals surface area contributed by atoms with Crippen molar-refractivity contribution in [2.45, 2.75) is 0 Å². The summed E-state index contributed by atoms with van der Waals surface area (Å²) in [7, 11) is 5.40. The van der Waals surface area contributed by atoms with E-state index in [0.717, 1.165) is 61.3 Å². The van der Waals surface area contributed by atoms with E-state index in [4.69, 9.17) is 4.74 Å². The van der Waals surface area contributed by atoms with Crippen molar-refractivity contribution in [3.63, 3.8) is 0 Å². The van der Waals surface area contributed by atoms with Crippen molar-refractivity contribution < 1.29 is 4.74 Å². The Kier molecular flexibility index (Phi) is 6.34. The number of hydrogen-bond donors (Lipinski definition) is 2. The lowest BCUT2D eigenvalue weighted by atomic mass is 10.2. The number of aryl methyl sites for hydroxylation is 1. The summed E-state index contributed by atoms with van der Waals surface area (Å²) >= 11 is 0. The predicted molar refractivity (Wildman–Crippen MR) is 123 cm³/mol. The third-order valence-electron chi connectivity index (χ3n) is 5.44. The molecule has 3 heterocycles. The van der Waals surface area contributed by atoms with Gasteiger partial charge in [0.25, 0.3) is 0 Å². The summed E-state index contributed by atoms with van der Waals surface area (Å²) in [4.78, 5) is 17.7. The molecule has 0 atom stereocenters. The number of rotatable bonds is 6. The molecular weight excluding hydrogens is 394 g/mol. The quantitative estimate of drug-likeness (QED) is 0.347. The third kappa shape index (κ3) is 4.62. The molecule has 1 aliphatic rings. The van der Waals surface area contributed by atoms with Gasteiger partial charge in [-0.05, 0) is 12.1 Å². The number of hydrogen-bond acceptors (Lipinski definition) is 7. The first-order valence-corrected chi connectivity index (χ1v) is 10.4. The molecule has 2 aromatic heterocycles. The Balaban J connectivity index is 1.26. The smallest absolute Gasteiger partial charge is 0.193 e. The van der Waals surface area contributed by atoms with Crippen LogP contribution in [0, 0.1) is 0 Å². The molecule has 0 amide bonds. The van der Waals surface area contributed by atoms with Gasteiger partial charge in [-0.2, -0.15) is 5.10 Å². The van der Waals surface area contributed by atoms with E-state index < -0.39 is 0 Å². The van der Waals surface area contributed by atoms with Gasteiger partial charge in [-0.1, -0.05) is 6.07 Å². The fourth-order valence-corrected chi connectivity index (χ4v) is 3.77. The minimum Gasteiger partial charge on any atom is -0.497 e. The number of aromatic nitrogens is 4. The van der Waals surface area contributed by atoms with Crippen LogP contribution in [-0.4, -0.2) is 84.0 Å². The SMILES string of the molecule is CN=C(NCCNc1ncnc2c1cnn2C)N1CCN(c2cccc(OC)c2)CC1. The molecular formula is C21H29N9O. The molecule has 2 N–H and O–H groups in total. The van der Waals surface area contributed by atoms with E-state index in [9.17, 15) is 0 Å². The average molecular weight is 424 g/mol. The fraction of sp³-hybridized carbons (Fsp3) is 0.429. The van der Waals surface area contributed by atoms with Crippen LogP contribution in [-0.2, 0) is 7.05 Å². The van der Waals surface area contributed by atoms with Gasteiger partial charge in [0.1, 0.15) is 17.9 Å². The topological polar surface area (TPSA) is 95.7 Å². The van der Waals surface area contributed by atoms with Crippen LogP contribution in [0.4, 0.5) is 11.5 Å². The van der Waals surface area contributed by atoms with E-state index in [-0.39, 0.29) is 0 Å². The zero-order chi connectivity index (χ0) is 21.6. The molecule has 0 spiro atoms. The molecule has 0 aliphatic carbocycles. The number of methoxy groups -OCH3 is 1. The minimum atomic E-state index is 0.712. The van der Waals surface area contributed by atoms with Crippen LogP contribution in [0.1, 0.15) is 0 Å². The number of aliphatic imine (C=N–C) groups is 1. The second-order valence-electron chi connectivity index (χ2n) is 7.30. The summed E-state index contributed by atoms with van der Waals surface area (Å²) in [6.07, 6.45) is 3.34. The largest absolute Gasteiger partial charge is 0.497 e. The van der Waals surface area contributed by atoms with Crippen LogP contribution in [0.2, 0.25) is 0 Å². The average Bonchev–Trinajstić information content (AvgIpc) is 3.21. The van der Waals surface area contributed by atoms with E-state index in [1.54, 1.807) is 24.3 Å². The van der Waals surface area contributed by atoms with Crippen molar-refractivity contribution in [1.82, 2.24) is 30.0 Å². The van der Waals surface area contributed by atoms with Gasteiger partial charge in [-0.15, -0.1) is 0 Å². The zero-order valence-corrected chi connectivity index (χ0v) is 18.2. The van der Waals surface area contributed by atoms with Crippen LogP contribution in [0.3, 0.4) is 0 Å². The highest BCUT2D eigenvalue weighted by Crippen LogP contribution is 2.22. The second-order valence-corrected chi connectivity index (χ2v) is 7.30. The zero-order valence-electron chi connectivity index (χ0n) is 18.2. The maximum atomic E-state index is 5.35. The Morgan fingerprint density at radius 1 is 1.16 bits per heavy atom. The molecule has 10 nitrogen and oxygen atoms in total. The minimum absolute atomic E-state index is 0.712. The lowest BCUT2D eigenvalue weighted by Crippen LogP contribution is -2.53. The first kappa shape index (κ1) is 20.7. The molecule has 1 fully saturated rings. The van der Waals surface area contributed by atoms with Crippen LogP contribution in [0.15, 0.2) is 41.8 Å². The van der Waals surface area contributed by atoms with Crippen molar-refractivity contribution in [2.75, 3.05) is 63.6 Å². The number of nitrogens with zero attached hydrogens (tertiary/aromatic N) is 7. The van der Waals surface area contributed by atoms with Gasteiger partial charge >= 0.3 is 0 Å². The molecule has 0 bridgehead atoms. The summed E-state index contributed by atoms with van der Waals surface area (Å²) in [6, 6.07) is 8.22. The first-order chi connectivity index (χ1) is 15.2. The van der Waals surface area contributed by atoms with Crippen LogP contribution >= 0.6 is 0 Å². The summed E-state index contributed by atoms with van der Waals surface area (Å²) in [5.74, 6) is 2.60. The molecule has 164 valence electrons. The van der Waals surface area contributed by atoms with Gasteiger partial charge in [-0.3, -0.25) is 9.67 Å². The van der Waals surface area contributed by atoms with Crippen molar-refractivity contribution in [2.24, 2.45) is 12.0 Å². The van der Waals surface area contributed by atoms with E-state index in [0.29, 0.717) is 6.54 Å². The Morgan fingerprint density at radius 3 is 2.77 bits per heavy atom. The number of ether oxygens (including phenoxy) is 1. The molecule has 1 saturated heterocycles. The molecule has 0 unspecified atom stereocenters. The third-order valence-corrected chi connectivity index (χ3v) is 5.44. The van der Waals surface area contributed by atoms with Crippen molar-refractivity contribution in [1.29, 1.82) is 0 Å². The molecule has 0 saturated carbocycles. The lowest BCUT2D eigenvalue weighted by molar-refractivity contribution is 0.372. The highest BCUT2D eigenvalue weighted by molar-refractivity contribution is 5.86.